The fourth-order valence-corrected chi connectivity index (χ4v) is 3.08. The van der Waals surface area contributed by atoms with Crippen LogP contribution in [0.1, 0.15) is 11.1 Å². The SMILES string of the molecule is Cc1cc2c(Cl)cc(Cl)cc2c2cc(C(F)(F)F)ccc12. The second kappa shape index (κ2) is 4.79. The van der Waals surface area contributed by atoms with Gasteiger partial charge in [0.25, 0.3) is 0 Å². The summed E-state index contributed by atoms with van der Waals surface area (Å²) < 4.78 is 38.8. The zero-order valence-electron chi connectivity index (χ0n) is 10.9. The molecule has 0 spiro atoms. The highest BCUT2D eigenvalue weighted by atomic mass is 35.5. The fourth-order valence-electron chi connectivity index (χ4n) is 2.54. The summed E-state index contributed by atoms with van der Waals surface area (Å²) in [5.41, 5.74) is 0.188. The molecule has 0 aliphatic carbocycles. The van der Waals surface area contributed by atoms with Crippen molar-refractivity contribution in [1.29, 1.82) is 0 Å². The van der Waals surface area contributed by atoms with Crippen LogP contribution in [0, 0.1) is 6.92 Å². The molecule has 3 aromatic carbocycles. The largest absolute Gasteiger partial charge is 0.416 e. The van der Waals surface area contributed by atoms with E-state index in [-0.39, 0.29) is 0 Å². The van der Waals surface area contributed by atoms with Crippen LogP contribution in [0.4, 0.5) is 13.2 Å². The van der Waals surface area contributed by atoms with E-state index in [0.717, 1.165) is 23.1 Å². The third-order valence-electron chi connectivity index (χ3n) is 3.52. The van der Waals surface area contributed by atoms with Crippen molar-refractivity contribution >= 4 is 44.7 Å². The second-order valence-electron chi connectivity index (χ2n) is 4.93. The average molecular weight is 329 g/mol. The first-order valence-electron chi connectivity index (χ1n) is 6.16. The summed E-state index contributed by atoms with van der Waals surface area (Å²) >= 11 is 12.1. The highest BCUT2D eigenvalue weighted by Crippen LogP contribution is 2.38. The monoisotopic (exact) mass is 328 g/mol. The molecule has 0 bridgehead atoms. The minimum absolute atomic E-state index is 0.398. The summed E-state index contributed by atoms with van der Waals surface area (Å²) in [7, 11) is 0. The number of aryl methyl sites for hydroxylation is 1. The molecule has 0 radical (unpaired) electrons. The maximum Gasteiger partial charge on any atom is 0.416 e. The number of alkyl halides is 3. The van der Waals surface area contributed by atoms with Gasteiger partial charge in [0.1, 0.15) is 0 Å². The third kappa shape index (κ3) is 2.45. The number of halogens is 5. The Balaban J connectivity index is 2.51. The Morgan fingerprint density at radius 1 is 0.810 bits per heavy atom. The zero-order valence-corrected chi connectivity index (χ0v) is 12.4. The Morgan fingerprint density at radius 2 is 1.48 bits per heavy atom. The van der Waals surface area contributed by atoms with Crippen molar-refractivity contribution in [3.05, 3.63) is 57.6 Å². The first kappa shape index (κ1) is 14.5. The minimum atomic E-state index is -4.38. The lowest BCUT2D eigenvalue weighted by Gasteiger charge is -2.12. The van der Waals surface area contributed by atoms with Crippen LogP contribution in [0.15, 0.2) is 36.4 Å². The van der Waals surface area contributed by atoms with Gasteiger partial charge < -0.3 is 0 Å². The van der Waals surface area contributed by atoms with Gasteiger partial charge in [-0.1, -0.05) is 29.3 Å². The lowest BCUT2D eigenvalue weighted by atomic mass is 9.96. The Labute approximate surface area is 129 Å². The van der Waals surface area contributed by atoms with E-state index in [0.29, 0.717) is 26.2 Å². The highest BCUT2D eigenvalue weighted by Gasteiger charge is 2.30. The molecule has 0 unspecified atom stereocenters. The standard InChI is InChI=1S/C16H9Cl2F3/c1-8-4-14-13(6-10(17)7-15(14)18)12-5-9(16(19,20)21)2-3-11(8)12/h2-7H,1H3. The van der Waals surface area contributed by atoms with E-state index < -0.39 is 11.7 Å². The first-order chi connectivity index (χ1) is 9.77. The predicted molar refractivity (Wildman–Crippen MR) is 81.2 cm³/mol. The molecule has 21 heavy (non-hydrogen) atoms. The van der Waals surface area contributed by atoms with E-state index in [4.69, 9.17) is 23.2 Å². The Bertz CT molecular complexity index is 867. The molecule has 0 aliphatic heterocycles. The van der Waals surface area contributed by atoms with E-state index in [1.165, 1.54) is 6.07 Å². The quantitative estimate of drug-likeness (QED) is 0.406. The van der Waals surface area contributed by atoms with Gasteiger partial charge in [0.15, 0.2) is 0 Å². The van der Waals surface area contributed by atoms with Crippen molar-refractivity contribution in [2.24, 2.45) is 0 Å². The summed E-state index contributed by atoms with van der Waals surface area (Å²) in [6.07, 6.45) is -4.38. The van der Waals surface area contributed by atoms with Crippen LogP contribution < -0.4 is 0 Å². The predicted octanol–water partition coefficient (Wildman–Crippen LogP) is 6.63. The highest BCUT2D eigenvalue weighted by molar-refractivity contribution is 6.39. The Morgan fingerprint density at radius 3 is 2.14 bits per heavy atom. The van der Waals surface area contributed by atoms with Crippen LogP contribution in [0.25, 0.3) is 21.5 Å². The number of fused-ring (bicyclic) bond motifs is 3. The van der Waals surface area contributed by atoms with Gasteiger partial charge in [0.2, 0.25) is 0 Å². The van der Waals surface area contributed by atoms with Crippen LogP contribution in [-0.4, -0.2) is 0 Å². The molecule has 0 N–H and O–H groups in total. The molecule has 0 saturated carbocycles. The number of hydrogen-bond acceptors (Lipinski definition) is 0. The normalized spacial score (nSPS) is 12.3. The van der Waals surface area contributed by atoms with Crippen LogP contribution in [-0.2, 0) is 6.18 Å². The van der Waals surface area contributed by atoms with Gasteiger partial charge in [-0.3, -0.25) is 0 Å². The molecule has 0 aliphatic rings. The van der Waals surface area contributed by atoms with Crippen molar-refractivity contribution < 1.29 is 13.2 Å². The van der Waals surface area contributed by atoms with E-state index >= 15 is 0 Å². The van der Waals surface area contributed by atoms with E-state index in [1.54, 1.807) is 12.1 Å². The van der Waals surface area contributed by atoms with Crippen LogP contribution in [0.3, 0.4) is 0 Å². The van der Waals surface area contributed by atoms with Crippen molar-refractivity contribution in [3.63, 3.8) is 0 Å². The Hall–Kier alpha value is -1.45. The van der Waals surface area contributed by atoms with Gasteiger partial charge in [0.05, 0.1) is 5.56 Å². The molecule has 0 saturated heterocycles. The van der Waals surface area contributed by atoms with Crippen LogP contribution >= 0.6 is 23.2 Å². The minimum Gasteiger partial charge on any atom is -0.166 e. The topological polar surface area (TPSA) is 0 Å². The molecular formula is C16H9Cl2F3. The number of hydrogen-bond donors (Lipinski definition) is 0. The average Bonchev–Trinajstić information content (AvgIpc) is 2.39. The number of rotatable bonds is 0. The summed E-state index contributed by atoms with van der Waals surface area (Å²) in [5, 5.41) is 3.41. The van der Waals surface area contributed by atoms with Crippen LogP contribution in [0.5, 0.6) is 0 Å². The molecule has 0 heterocycles. The van der Waals surface area contributed by atoms with E-state index in [2.05, 4.69) is 0 Å². The Kier molecular flexibility index (Phi) is 3.30. The fraction of sp³-hybridized carbons (Fsp3) is 0.125. The van der Waals surface area contributed by atoms with Gasteiger partial charge in [-0.25, -0.2) is 0 Å². The summed E-state index contributed by atoms with van der Waals surface area (Å²) in [4.78, 5) is 0. The van der Waals surface area contributed by atoms with Crippen LogP contribution in [0.2, 0.25) is 10.0 Å². The molecule has 0 aromatic heterocycles. The molecule has 108 valence electrons. The van der Waals surface area contributed by atoms with Gasteiger partial charge in [-0.2, -0.15) is 13.2 Å². The summed E-state index contributed by atoms with van der Waals surface area (Å²) in [6.45, 7) is 1.85. The molecule has 0 fully saturated rings. The molecule has 3 rings (SSSR count). The van der Waals surface area contributed by atoms with Gasteiger partial charge in [-0.15, -0.1) is 0 Å². The second-order valence-corrected chi connectivity index (χ2v) is 5.78. The van der Waals surface area contributed by atoms with Gasteiger partial charge in [0, 0.05) is 15.4 Å². The molecule has 0 amide bonds. The lowest BCUT2D eigenvalue weighted by Crippen LogP contribution is -2.04. The van der Waals surface area contributed by atoms with Crippen molar-refractivity contribution in [3.8, 4) is 0 Å². The maximum absolute atomic E-state index is 12.9. The number of benzene rings is 3. The smallest absolute Gasteiger partial charge is 0.166 e. The first-order valence-corrected chi connectivity index (χ1v) is 6.92. The summed E-state index contributed by atoms with van der Waals surface area (Å²) in [6, 6.07) is 8.82. The van der Waals surface area contributed by atoms with E-state index in [1.807, 2.05) is 13.0 Å². The van der Waals surface area contributed by atoms with Crippen molar-refractivity contribution in [1.82, 2.24) is 0 Å². The molecule has 5 heteroatoms. The molecule has 0 atom stereocenters. The zero-order chi connectivity index (χ0) is 15.4. The maximum atomic E-state index is 12.9. The van der Waals surface area contributed by atoms with Gasteiger partial charge >= 0.3 is 6.18 Å². The molecular weight excluding hydrogens is 320 g/mol. The van der Waals surface area contributed by atoms with Gasteiger partial charge in [-0.05, 0) is 59.0 Å². The van der Waals surface area contributed by atoms with Crippen molar-refractivity contribution in [2.75, 3.05) is 0 Å². The molecule has 0 nitrogen and oxygen atoms in total. The summed E-state index contributed by atoms with van der Waals surface area (Å²) in [5.74, 6) is 0. The van der Waals surface area contributed by atoms with E-state index in [9.17, 15) is 13.2 Å². The van der Waals surface area contributed by atoms with Crippen molar-refractivity contribution in [2.45, 2.75) is 13.1 Å². The third-order valence-corrected chi connectivity index (χ3v) is 4.05. The molecule has 3 aromatic rings. The lowest BCUT2D eigenvalue weighted by molar-refractivity contribution is -0.137.